The van der Waals surface area contributed by atoms with Gasteiger partial charge in [0.15, 0.2) is 16.6 Å². The van der Waals surface area contributed by atoms with Crippen LogP contribution in [0.1, 0.15) is 12.8 Å². The quantitative estimate of drug-likeness (QED) is 0.547. The van der Waals surface area contributed by atoms with Crippen molar-refractivity contribution in [2.75, 3.05) is 6.61 Å². The zero-order valence-electron chi connectivity index (χ0n) is 11.3. The predicted molar refractivity (Wildman–Crippen MR) is 70.1 cm³/mol. The zero-order valence-corrected chi connectivity index (χ0v) is 13.3. The van der Waals surface area contributed by atoms with Crippen LogP contribution < -0.4 is 0 Å². The van der Waals surface area contributed by atoms with Crippen LogP contribution >= 0.6 is 0 Å². The van der Waals surface area contributed by atoms with E-state index in [0.29, 0.717) is 12.8 Å². The van der Waals surface area contributed by atoms with Crippen LogP contribution in [-0.2, 0) is 8.85 Å². The fraction of sp³-hybridized carbons (Fsp3) is 1.00. The maximum atomic E-state index is 10.3. The summed E-state index contributed by atoms with van der Waals surface area (Å²) in [6.07, 6.45) is 0.795. The second-order valence-electron chi connectivity index (χ2n) is 5.97. The van der Waals surface area contributed by atoms with Gasteiger partial charge in [0, 0.05) is 13.0 Å². The standard InChI is InChI=1S/C10H26O4Si2/c1-15(2,3)13-10(12,8-7-9-11)14-16(4,5)6/h11-12H,7-9H2,1-6H3. The molecule has 16 heavy (non-hydrogen) atoms. The lowest BCUT2D eigenvalue weighted by Crippen LogP contribution is -2.50. The highest BCUT2D eigenvalue weighted by molar-refractivity contribution is 6.70. The number of aliphatic hydroxyl groups is 2. The van der Waals surface area contributed by atoms with Crippen LogP contribution in [0.15, 0.2) is 0 Å². The molecule has 0 spiro atoms. The third-order valence-electron chi connectivity index (χ3n) is 1.58. The molecule has 0 aliphatic rings. The molecule has 0 saturated heterocycles. The first-order valence-electron chi connectivity index (χ1n) is 5.71. The second-order valence-corrected chi connectivity index (χ2v) is 14.8. The Bertz CT molecular complexity index is 192. The first-order valence-corrected chi connectivity index (χ1v) is 12.5. The topological polar surface area (TPSA) is 58.9 Å². The number of aliphatic hydroxyl groups excluding tert-OH is 1. The maximum Gasteiger partial charge on any atom is 0.261 e. The molecule has 98 valence electrons. The van der Waals surface area contributed by atoms with Crippen molar-refractivity contribution in [3.05, 3.63) is 0 Å². The van der Waals surface area contributed by atoms with E-state index >= 15 is 0 Å². The normalized spacial score (nSPS) is 14.2. The van der Waals surface area contributed by atoms with Gasteiger partial charge in [-0.15, -0.1) is 0 Å². The summed E-state index contributed by atoms with van der Waals surface area (Å²) in [6.45, 7) is 12.1. The van der Waals surface area contributed by atoms with Crippen molar-refractivity contribution in [3.63, 3.8) is 0 Å². The van der Waals surface area contributed by atoms with Gasteiger partial charge in [-0.2, -0.15) is 0 Å². The van der Waals surface area contributed by atoms with E-state index < -0.39 is 22.6 Å². The fourth-order valence-electron chi connectivity index (χ4n) is 1.38. The van der Waals surface area contributed by atoms with Crippen LogP contribution in [0, 0.1) is 0 Å². The van der Waals surface area contributed by atoms with E-state index in [0.717, 1.165) is 0 Å². The van der Waals surface area contributed by atoms with E-state index in [1.165, 1.54) is 0 Å². The monoisotopic (exact) mass is 266 g/mol. The lowest BCUT2D eigenvalue weighted by molar-refractivity contribution is -0.288. The summed E-state index contributed by atoms with van der Waals surface area (Å²) >= 11 is 0. The average Bonchev–Trinajstić information content (AvgIpc) is 1.93. The Kier molecular flexibility index (Phi) is 5.84. The van der Waals surface area contributed by atoms with E-state index in [-0.39, 0.29) is 6.61 Å². The summed E-state index contributed by atoms with van der Waals surface area (Å²) in [5.41, 5.74) is 0. The summed E-state index contributed by atoms with van der Waals surface area (Å²) in [6, 6.07) is 0. The molecule has 0 aromatic rings. The Hall–Kier alpha value is 0.274. The highest BCUT2D eigenvalue weighted by atomic mass is 28.4. The van der Waals surface area contributed by atoms with Crippen LogP contribution in [0.5, 0.6) is 0 Å². The van der Waals surface area contributed by atoms with Crippen LogP contribution in [0.4, 0.5) is 0 Å². The van der Waals surface area contributed by atoms with Gasteiger partial charge in [-0.25, -0.2) is 0 Å². The molecule has 0 radical (unpaired) electrons. The van der Waals surface area contributed by atoms with Crippen LogP contribution in [0.3, 0.4) is 0 Å². The van der Waals surface area contributed by atoms with Gasteiger partial charge in [-0.05, 0) is 45.7 Å². The molecular formula is C10H26O4Si2. The zero-order chi connectivity index (χ0) is 13.0. The molecule has 0 unspecified atom stereocenters. The summed E-state index contributed by atoms with van der Waals surface area (Å²) in [5.74, 6) is -1.52. The molecule has 4 nitrogen and oxygen atoms in total. The molecule has 0 aliphatic heterocycles. The van der Waals surface area contributed by atoms with Crippen molar-refractivity contribution in [2.24, 2.45) is 0 Å². The average molecular weight is 266 g/mol. The third kappa shape index (κ3) is 8.43. The smallest absolute Gasteiger partial charge is 0.261 e. The fourth-order valence-corrected chi connectivity index (χ4v) is 3.67. The first-order chi connectivity index (χ1) is 6.97. The van der Waals surface area contributed by atoms with Gasteiger partial charge in [0.1, 0.15) is 0 Å². The SMILES string of the molecule is C[Si](C)(C)OC(O)(CCCO)O[Si](C)(C)C. The number of hydrogen-bond donors (Lipinski definition) is 2. The van der Waals surface area contributed by atoms with Crippen molar-refractivity contribution in [2.45, 2.75) is 58.1 Å². The second kappa shape index (κ2) is 5.74. The molecule has 0 aromatic heterocycles. The lowest BCUT2D eigenvalue weighted by Gasteiger charge is -2.38. The molecule has 0 fully saturated rings. The van der Waals surface area contributed by atoms with E-state index in [4.69, 9.17) is 14.0 Å². The molecule has 0 aromatic carbocycles. The Morgan fingerprint density at radius 2 is 1.31 bits per heavy atom. The molecule has 6 heteroatoms. The summed E-state index contributed by atoms with van der Waals surface area (Å²) in [4.78, 5) is 0. The molecule has 0 heterocycles. The predicted octanol–water partition coefficient (Wildman–Crippen LogP) is 2.11. The molecule has 0 amide bonds. The van der Waals surface area contributed by atoms with Crippen molar-refractivity contribution >= 4 is 16.6 Å². The van der Waals surface area contributed by atoms with Gasteiger partial charge in [-0.1, -0.05) is 0 Å². The molecule has 0 aliphatic carbocycles. The van der Waals surface area contributed by atoms with Crippen molar-refractivity contribution < 1.29 is 19.1 Å². The van der Waals surface area contributed by atoms with Gasteiger partial charge >= 0.3 is 0 Å². The molecular weight excluding hydrogens is 240 g/mol. The molecule has 0 bridgehead atoms. The molecule has 0 saturated carbocycles. The minimum absolute atomic E-state index is 0.0342. The summed E-state index contributed by atoms with van der Waals surface area (Å²) in [5, 5.41) is 19.2. The Balaban J connectivity index is 4.61. The Morgan fingerprint density at radius 3 is 1.56 bits per heavy atom. The molecule has 2 N–H and O–H groups in total. The largest absolute Gasteiger partial charge is 0.396 e. The highest BCUT2D eigenvalue weighted by Crippen LogP contribution is 2.26. The number of rotatable bonds is 7. The van der Waals surface area contributed by atoms with Crippen molar-refractivity contribution in [1.82, 2.24) is 0 Å². The van der Waals surface area contributed by atoms with Crippen LogP contribution in [-0.4, -0.2) is 39.4 Å². The van der Waals surface area contributed by atoms with Gasteiger partial charge in [-0.3, -0.25) is 0 Å². The maximum absolute atomic E-state index is 10.3. The third-order valence-corrected chi connectivity index (χ3v) is 3.44. The Morgan fingerprint density at radius 1 is 0.938 bits per heavy atom. The van der Waals surface area contributed by atoms with Gasteiger partial charge in [0.05, 0.1) is 0 Å². The molecule has 0 rings (SSSR count). The van der Waals surface area contributed by atoms with E-state index in [2.05, 4.69) is 0 Å². The lowest BCUT2D eigenvalue weighted by atomic mass is 10.3. The number of hydrogen-bond acceptors (Lipinski definition) is 4. The van der Waals surface area contributed by atoms with E-state index in [1.807, 2.05) is 39.3 Å². The van der Waals surface area contributed by atoms with Crippen molar-refractivity contribution in [3.8, 4) is 0 Å². The minimum Gasteiger partial charge on any atom is -0.396 e. The van der Waals surface area contributed by atoms with Gasteiger partial charge < -0.3 is 19.1 Å². The van der Waals surface area contributed by atoms with E-state index in [1.54, 1.807) is 0 Å². The minimum atomic E-state index is -1.88. The van der Waals surface area contributed by atoms with Gasteiger partial charge in [0.2, 0.25) is 0 Å². The summed E-state index contributed by atoms with van der Waals surface area (Å²) in [7, 11) is -3.75. The molecule has 0 atom stereocenters. The van der Waals surface area contributed by atoms with Crippen LogP contribution in [0.25, 0.3) is 0 Å². The van der Waals surface area contributed by atoms with Crippen LogP contribution in [0.2, 0.25) is 39.3 Å². The summed E-state index contributed by atoms with van der Waals surface area (Å²) < 4.78 is 11.4. The Labute approximate surface area is 101 Å². The highest BCUT2D eigenvalue weighted by Gasteiger charge is 2.38. The first kappa shape index (κ1) is 16.3. The van der Waals surface area contributed by atoms with Crippen molar-refractivity contribution in [1.29, 1.82) is 0 Å². The van der Waals surface area contributed by atoms with Gasteiger partial charge in [0.25, 0.3) is 5.97 Å². The van der Waals surface area contributed by atoms with E-state index in [9.17, 15) is 5.11 Å².